The maximum Gasteiger partial charge on any atom is 0.287 e. The van der Waals surface area contributed by atoms with Gasteiger partial charge in [-0.15, -0.1) is 12.4 Å². The van der Waals surface area contributed by atoms with Gasteiger partial charge < -0.3 is 20.2 Å². The van der Waals surface area contributed by atoms with Crippen molar-refractivity contribution in [2.45, 2.75) is 16.8 Å². The summed E-state index contributed by atoms with van der Waals surface area (Å²) in [5, 5.41) is 15.5. The molecule has 1 aliphatic heterocycles. The third-order valence-electron chi connectivity index (χ3n) is 4.23. The highest BCUT2D eigenvalue weighted by atomic mass is 35.5. The molecule has 7 nitrogen and oxygen atoms in total. The van der Waals surface area contributed by atoms with Crippen LogP contribution in [0.25, 0.3) is 0 Å². The van der Waals surface area contributed by atoms with Gasteiger partial charge in [0.15, 0.2) is 15.6 Å². The van der Waals surface area contributed by atoms with Gasteiger partial charge in [-0.2, -0.15) is 0 Å². The minimum absolute atomic E-state index is 0. The van der Waals surface area contributed by atoms with E-state index in [2.05, 4.69) is 10.6 Å². The first-order valence-electron chi connectivity index (χ1n) is 7.98. The predicted octanol–water partition coefficient (Wildman–Crippen LogP) is 0.985. The van der Waals surface area contributed by atoms with Crippen molar-refractivity contribution in [3.63, 3.8) is 0 Å². The Hall–Kier alpha value is -1.87. The smallest absolute Gasteiger partial charge is 0.287 e. The highest BCUT2D eigenvalue weighted by molar-refractivity contribution is 7.90. The molecule has 0 saturated carbocycles. The lowest BCUT2D eigenvalue weighted by atomic mass is 10.1. The molecule has 2 heterocycles. The van der Waals surface area contributed by atoms with Crippen LogP contribution in [0.2, 0.25) is 0 Å². The van der Waals surface area contributed by atoms with Gasteiger partial charge >= 0.3 is 0 Å². The number of sulfone groups is 1. The van der Waals surface area contributed by atoms with E-state index in [1.807, 2.05) is 0 Å². The molecule has 2 aromatic rings. The number of rotatable bonds is 6. The molecule has 2 unspecified atom stereocenters. The molecular weight excluding hydrogens is 380 g/mol. The number of furan rings is 1. The summed E-state index contributed by atoms with van der Waals surface area (Å²) in [5.41, 5.74) is 0.312. The first kappa shape index (κ1) is 20.4. The number of hydrogen-bond acceptors (Lipinski definition) is 6. The normalized spacial score (nSPS) is 19.7. The summed E-state index contributed by atoms with van der Waals surface area (Å²) in [6.45, 7) is 1.41. The highest BCUT2D eigenvalue weighted by Crippen LogP contribution is 2.20. The SMILES string of the molecule is Cl.O=C(NCC1CNCC1O)c1occc1CS(=O)(=O)c1ccccc1. The van der Waals surface area contributed by atoms with E-state index in [-0.39, 0.29) is 34.7 Å². The van der Waals surface area contributed by atoms with E-state index in [4.69, 9.17) is 4.42 Å². The van der Waals surface area contributed by atoms with Crippen molar-refractivity contribution in [3.8, 4) is 0 Å². The van der Waals surface area contributed by atoms with Gasteiger partial charge in [-0.25, -0.2) is 8.42 Å². The summed E-state index contributed by atoms with van der Waals surface area (Å²) in [6.07, 6.45) is 0.798. The minimum Gasteiger partial charge on any atom is -0.459 e. The standard InChI is InChI=1S/C17H20N2O5S.ClH/c20-15-10-18-8-13(15)9-19-17(21)16-12(6-7-24-16)11-25(22,23)14-4-2-1-3-5-14;/h1-7,13,15,18,20H,8-11H2,(H,19,21);1H. The highest BCUT2D eigenvalue weighted by Gasteiger charge is 2.27. The monoisotopic (exact) mass is 400 g/mol. The number of carbonyl (C=O) groups excluding carboxylic acids is 1. The quantitative estimate of drug-likeness (QED) is 0.667. The third-order valence-corrected chi connectivity index (χ3v) is 5.91. The van der Waals surface area contributed by atoms with Gasteiger partial charge in [-0.05, 0) is 18.2 Å². The Kier molecular flexibility index (Phi) is 6.82. The molecule has 142 valence electrons. The lowest BCUT2D eigenvalue weighted by molar-refractivity contribution is 0.0899. The third kappa shape index (κ3) is 4.64. The van der Waals surface area contributed by atoms with Gasteiger partial charge in [-0.3, -0.25) is 4.79 Å². The molecule has 9 heteroatoms. The maximum atomic E-state index is 12.5. The number of hydrogen-bond donors (Lipinski definition) is 3. The van der Waals surface area contributed by atoms with Crippen LogP contribution in [0, 0.1) is 5.92 Å². The molecule has 0 aliphatic carbocycles. The van der Waals surface area contributed by atoms with Crippen LogP contribution >= 0.6 is 12.4 Å². The van der Waals surface area contributed by atoms with Gasteiger partial charge in [0.1, 0.15) is 0 Å². The van der Waals surface area contributed by atoms with Crippen LogP contribution in [0.5, 0.6) is 0 Å². The topological polar surface area (TPSA) is 109 Å². The van der Waals surface area contributed by atoms with Crippen molar-refractivity contribution >= 4 is 28.2 Å². The van der Waals surface area contributed by atoms with Crippen molar-refractivity contribution in [3.05, 3.63) is 54.0 Å². The fourth-order valence-corrected chi connectivity index (χ4v) is 4.17. The van der Waals surface area contributed by atoms with Crippen LogP contribution in [0.15, 0.2) is 52.0 Å². The van der Waals surface area contributed by atoms with E-state index in [0.29, 0.717) is 25.2 Å². The van der Waals surface area contributed by atoms with Crippen LogP contribution in [-0.4, -0.2) is 45.2 Å². The number of amides is 1. The molecule has 1 aliphatic rings. The summed E-state index contributed by atoms with van der Waals surface area (Å²) in [7, 11) is -3.57. The van der Waals surface area contributed by atoms with Gasteiger partial charge in [0, 0.05) is 31.1 Å². The molecule has 1 amide bonds. The molecule has 1 aromatic carbocycles. The van der Waals surface area contributed by atoms with Crippen LogP contribution in [0.4, 0.5) is 0 Å². The Morgan fingerprint density at radius 1 is 1.23 bits per heavy atom. The molecule has 1 fully saturated rings. The zero-order valence-corrected chi connectivity index (χ0v) is 15.6. The lowest BCUT2D eigenvalue weighted by Gasteiger charge is -2.13. The number of benzene rings is 1. The van der Waals surface area contributed by atoms with Crippen LogP contribution in [-0.2, 0) is 15.6 Å². The second kappa shape index (κ2) is 8.68. The molecule has 26 heavy (non-hydrogen) atoms. The van der Waals surface area contributed by atoms with Crippen molar-refractivity contribution in [2.24, 2.45) is 5.92 Å². The van der Waals surface area contributed by atoms with E-state index in [9.17, 15) is 18.3 Å². The molecule has 0 spiro atoms. The molecule has 0 bridgehead atoms. The van der Waals surface area contributed by atoms with Crippen molar-refractivity contribution in [1.82, 2.24) is 10.6 Å². The summed E-state index contributed by atoms with van der Waals surface area (Å²) in [4.78, 5) is 12.5. The van der Waals surface area contributed by atoms with E-state index in [1.165, 1.54) is 24.5 Å². The Morgan fingerprint density at radius 3 is 2.62 bits per heavy atom. The van der Waals surface area contributed by atoms with Gasteiger partial charge in [0.25, 0.3) is 5.91 Å². The molecule has 3 rings (SSSR count). The molecule has 1 saturated heterocycles. The zero-order valence-electron chi connectivity index (χ0n) is 13.9. The first-order valence-corrected chi connectivity index (χ1v) is 9.64. The maximum absolute atomic E-state index is 12.5. The Morgan fingerprint density at radius 2 is 1.96 bits per heavy atom. The lowest BCUT2D eigenvalue weighted by Crippen LogP contribution is -2.34. The largest absolute Gasteiger partial charge is 0.459 e. The van der Waals surface area contributed by atoms with Crippen LogP contribution < -0.4 is 10.6 Å². The van der Waals surface area contributed by atoms with Crippen LogP contribution in [0.1, 0.15) is 16.1 Å². The molecule has 3 N–H and O–H groups in total. The Bertz CT molecular complexity index is 838. The minimum atomic E-state index is -3.57. The summed E-state index contributed by atoms with van der Waals surface area (Å²) >= 11 is 0. The van der Waals surface area contributed by atoms with Gasteiger partial charge in [0.2, 0.25) is 0 Å². The zero-order chi connectivity index (χ0) is 17.9. The van der Waals surface area contributed by atoms with E-state index < -0.39 is 21.8 Å². The molecule has 2 atom stereocenters. The number of β-amino-alcohol motifs (C(OH)–C–C–N with tert-alkyl or cyclic N) is 1. The van der Waals surface area contributed by atoms with Crippen molar-refractivity contribution in [2.75, 3.05) is 19.6 Å². The van der Waals surface area contributed by atoms with E-state index in [0.717, 1.165) is 0 Å². The second-order valence-corrected chi connectivity index (χ2v) is 8.03. The molecular formula is C17H21ClN2O5S. The number of carbonyl (C=O) groups is 1. The van der Waals surface area contributed by atoms with E-state index >= 15 is 0 Å². The summed E-state index contributed by atoms with van der Waals surface area (Å²) in [5.74, 6) is -0.887. The van der Waals surface area contributed by atoms with E-state index in [1.54, 1.807) is 18.2 Å². The molecule has 0 radical (unpaired) electrons. The predicted molar refractivity (Wildman–Crippen MR) is 98.0 cm³/mol. The Labute approximate surface area is 158 Å². The van der Waals surface area contributed by atoms with Gasteiger partial charge in [-0.1, -0.05) is 18.2 Å². The number of nitrogens with one attached hydrogen (secondary N) is 2. The average Bonchev–Trinajstić information content (AvgIpc) is 3.22. The fraction of sp³-hybridized carbons (Fsp3) is 0.353. The number of halogens is 1. The Balaban J connectivity index is 0.00000243. The van der Waals surface area contributed by atoms with Crippen molar-refractivity contribution in [1.29, 1.82) is 0 Å². The van der Waals surface area contributed by atoms with Crippen molar-refractivity contribution < 1.29 is 22.7 Å². The summed E-state index contributed by atoms with van der Waals surface area (Å²) < 4.78 is 30.1. The first-order chi connectivity index (χ1) is 12.0. The summed E-state index contributed by atoms with van der Waals surface area (Å²) in [6, 6.07) is 9.56. The number of aliphatic hydroxyl groups excluding tert-OH is 1. The fourth-order valence-electron chi connectivity index (χ4n) is 2.80. The number of aliphatic hydroxyl groups is 1. The van der Waals surface area contributed by atoms with Gasteiger partial charge in [0.05, 0.1) is 23.0 Å². The van der Waals surface area contributed by atoms with Crippen LogP contribution in [0.3, 0.4) is 0 Å². The average molecular weight is 401 g/mol. The molecule has 1 aromatic heterocycles. The second-order valence-electron chi connectivity index (χ2n) is 6.04.